The third-order valence-electron chi connectivity index (χ3n) is 4.19. The van der Waals surface area contributed by atoms with Crippen LogP contribution >= 0.6 is 11.8 Å². The molecule has 106 valence electrons. The molecular formula is C16H19NO2S. The summed E-state index contributed by atoms with van der Waals surface area (Å²) in [5.74, 6) is 1.75. The summed E-state index contributed by atoms with van der Waals surface area (Å²) in [6, 6.07) is 5.55. The van der Waals surface area contributed by atoms with Crippen LogP contribution in [0.4, 0.5) is 0 Å². The molecule has 20 heavy (non-hydrogen) atoms. The van der Waals surface area contributed by atoms with Gasteiger partial charge in [0.1, 0.15) is 0 Å². The lowest BCUT2D eigenvalue weighted by Gasteiger charge is -2.31. The van der Waals surface area contributed by atoms with Gasteiger partial charge in [-0.3, -0.25) is 9.59 Å². The molecule has 0 spiro atoms. The minimum atomic E-state index is 0.0935. The summed E-state index contributed by atoms with van der Waals surface area (Å²) in [4.78, 5) is 27.5. The van der Waals surface area contributed by atoms with Crippen molar-refractivity contribution in [1.82, 2.24) is 4.90 Å². The Bertz CT molecular complexity index is 547. The van der Waals surface area contributed by atoms with Crippen molar-refractivity contribution in [3.63, 3.8) is 0 Å². The van der Waals surface area contributed by atoms with E-state index in [1.807, 2.05) is 23.1 Å². The first-order valence-electron chi connectivity index (χ1n) is 7.25. The zero-order valence-corrected chi connectivity index (χ0v) is 12.5. The molecule has 3 nitrogen and oxygen atoms in total. The second kappa shape index (κ2) is 5.60. The van der Waals surface area contributed by atoms with Crippen molar-refractivity contribution in [3.05, 3.63) is 29.3 Å². The van der Waals surface area contributed by atoms with Crippen LogP contribution in [-0.2, 0) is 0 Å². The molecule has 0 unspecified atom stereocenters. The van der Waals surface area contributed by atoms with Gasteiger partial charge in [-0.1, -0.05) is 19.1 Å². The summed E-state index contributed by atoms with van der Waals surface area (Å²) >= 11 is 1.64. The molecule has 1 aromatic carbocycles. The number of carbonyl (C=O) groups excluding carboxylic acids is 2. The largest absolute Gasteiger partial charge is 0.339 e. The fourth-order valence-electron chi connectivity index (χ4n) is 2.84. The van der Waals surface area contributed by atoms with Crippen molar-refractivity contribution in [1.29, 1.82) is 0 Å². The lowest BCUT2D eigenvalue weighted by Crippen LogP contribution is -2.38. The minimum Gasteiger partial charge on any atom is -0.339 e. The molecule has 1 saturated heterocycles. The van der Waals surface area contributed by atoms with E-state index < -0.39 is 0 Å². The van der Waals surface area contributed by atoms with Crippen molar-refractivity contribution in [3.8, 4) is 0 Å². The van der Waals surface area contributed by atoms with Crippen LogP contribution in [0.3, 0.4) is 0 Å². The number of thioether (sulfide) groups is 1. The number of rotatable bonds is 1. The summed E-state index contributed by atoms with van der Waals surface area (Å²) in [5, 5.41) is 0. The molecule has 2 heterocycles. The molecule has 1 amide bonds. The van der Waals surface area contributed by atoms with Crippen molar-refractivity contribution >= 4 is 23.5 Å². The smallest absolute Gasteiger partial charge is 0.255 e. The van der Waals surface area contributed by atoms with E-state index in [1.54, 1.807) is 11.8 Å². The second-order valence-electron chi connectivity index (χ2n) is 5.68. The molecule has 0 N–H and O–H groups in total. The lowest BCUT2D eigenvalue weighted by atomic mass is 9.98. The Morgan fingerprint density at radius 1 is 1.30 bits per heavy atom. The molecule has 1 aromatic rings. The van der Waals surface area contributed by atoms with E-state index in [1.165, 1.54) is 0 Å². The Kier molecular flexibility index (Phi) is 3.83. The SMILES string of the molecule is CC1CCN(C(=O)c2cccc3c2SCCC3=O)CC1. The van der Waals surface area contributed by atoms with E-state index in [2.05, 4.69) is 6.92 Å². The molecule has 2 aliphatic heterocycles. The molecule has 1 fully saturated rings. The van der Waals surface area contributed by atoms with Crippen molar-refractivity contribution in [2.24, 2.45) is 5.92 Å². The maximum Gasteiger partial charge on any atom is 0.255 e. The maximum absolute atomic E-state index is 12.7. The van der Waals surface area contributed by atoms with Crippen LogP contribution in [0.25, 0.3) is 0 Å². The van der Waals surface area contributed by atoms with Crippen LogP contribution in [0.15, 0.2) is 23.1 Å². The Hall–Kier alpha value is -1.29. The molecule has 0 radical (unpaired) electrons. The monoisotopic (exact) mass is 289 g/mol. The topological polar surface area (TPSA) is 37.4 Å². The van der Waals surface area contributed by atoms with Gasteiger partial charge >= 0.3 is 0 Å². The predicted octanol–water partition coefficient (Wildman–Crippen LogP) is 3.24. The first kappa shape index (κ1) is 13.7. The number of hydrogen-bond acceptors (Lipinski definition) is 3. The molecule has 0 aromatic heterocycles. The number of nitrogens with zero attached hydrogens (tertiary/aromatic N) is 1. The molecule has 0 saturated carbocycles. The molecule has 0 bridgehead atoms. The van der Waals surface area contributed by atoms with Gasteiger partial charge in [-0.2, -0.15) is 0 Å². The zero-order chi connectivity index (χ0) is 14.1. The highest BCUT2D eigenvalue weighted by molar-refractivity contribution is 7.99. The number of Topliss-reactive ketones (excluding diaryl/α,β-unsaturated/α-hetero) is 1. The van der Waals surface area contributed by atoms with Crippen LogP contribution in [-0.4, -0.2) is 35.4 Å². The van der Waals surface area contributed by atoms with Gasteiger partial charge < -0.3 is 4.90 Å². The molecule has 3 rings (SSSR count). The van der Waals surface area contributed by atoms with E-state index in [0.717, 1.165) is 47.7 Å². The number of benzene rings is 1. The Balaban J connectivity index is 1.89. The van der Waals surface area contributed by atoms with Gasteiger partial charge in [0.2, 0.25) is 0 Å². The number of ketones is 1. The number of likely N-dealkylation sites (tertiary alicyclic amines) is 1. The van der Waals surface area contributed by atoms with Crippen LogP contribution in [0.2, 0.25) is 0 Å². The first-order chi connectivity index (χ1) is 9.66. The highest BCUT2D eigenvalue weighted by atomic mass is 32.2. The fraction of sp³-hybridized carbons (Fsp3) is 0.500. The first-order valence-corrected chi connectivity index (χ1v) is 8.23. The standard InChI is InChI=1S/C16H19NO2S/c1-11-5-8-17(9-6-11)16(19)13-4-2-3-12-14(18)7-10-20-15(12)13/h2-4,11H,5-10H2,1H3. The zero-order valence-electron chi connectivity index (χ0n) is 11.7. The number of fused-ring (bicyclic) bond motifs is 1. The van der Waals surface area contributed by atoms with Gasteiger partial charge in [0, 0.05) is 35.7 Å². The van der Waals surface area contributed by atoms with E-state index in [9.17, 15) is 9.59 Å². The highest BCUT2D eigenvalue weighted by Gasteiger charge is 2.27. The van der Waals surface area contributed by atoms with Crippen molar-refractivity contribution in [2.75, 3.05) is 18.8 Å². The summed E-state index contributed by atoms with van der Waals surface area (Å²) in [7, 11) is 0. The van der Waals surface area contributed by atoms with E-state index in [0.29, 0.717) is 12.3 Å². The van der Waals surface area contributed by atoms with E-state index in [-0.39, 0.29) is 11.7 Å². The van der Waals surface area contributed by atoms with Crippen LogP contribution in [0.1, 0.15) is 46.9 Å². The maximum atomic E-state index is 12.7. The summed E-state index contributed by atoms with van der Waals surface area (Å²) < 4.78 is 0. The molecule has 0 aliphatic carbocycles. The lowest BCUT2D eigenvalue weighted by molar-refractivity contribution is 0.0693. The average Bonchev–Trinajstić information content (AvgIpc) is 2.47. The summed E-state index contributed by atoms with van der Waals surface area (Å²) in [6.45, 7) is 3.91. The fourth-order valence-corrected chi connectivity index (χ4v) is 3.98. The second-order valence-corrected chi connectivity index (χ2v) is 6.78. The molecular weight excluding hydrogens is 270 g/mol. The number of carbonyl (C=O) groups is 2. The molecule has 4 heteroatoms. The van der Waals surface area contributed by atoms with Crippen molar-refractivity contribution < 1.29 is 9.59 Å². The van der Waals surface area contributed by atoms with Crippen LogP contribution < -0.4 is 0 Å². The van der Waals surface area contributed by atoms with Gasteiger partial charge in [-0.15, -0.1) is 11.8 Å². The van der Waals surface area contributed by atoms with Crippen LogP contribution in [0.5, 0.6) is 0 Å². The van der Waals surface area contributed by atoms with Gasteiger partial charge in [0.15, 0.2) is 5.78 Å². The number of hydrogen-bond donors (Lipinski definition) is 0. The van der Waals surface area contributed by atoms with Gasteiger partial charge in [-0.05, 0) is 24.8 Å². The van der Waals surface area contributed by atoms with E-state index in [4.69, 9.17) is 0 Å². The molecule has 0 atom stereocenters. The third-order valence-corrected chi connectivity index (χ3v) is 5.33. The Morgan fingerprint density at radius 3 is 2.80 bits per heavy atom. The number of piperidine rings is 1. The van der Waals surface area contributed by atoms with Gasteiger partial charge in [-0.25, -0.2) is 0 Å². The normalized spacial score (nSPS) is 19.9. The van der Waals surface area contributed by atoms with Crippen molar-refractivity contribution in [2.45, 2.75) is 31.1 Å². The van der Waals surface area contributed by atoms with E-state index >= 15 is 0 Å². The number of amides is 1. The summed E-state index contributed by atoms with van der Waals surface area (Å²) in [5.41, 5.74) is 1.45. The quantitative estimate of drug-likeness (QED) is 0.796. The summed E-state index contributed by atoms with van der Waals surface area (Å²) in [6.07, 6.45) is 2.73. The Labute approximate surface area is 123 Å². The Morgan fingerprint density at radius 2 is 2.05 bits per heavy atom. The minimum absolute atomic E-state index is 0.0935. The van der Waals surface area contributed by atoms with Crippen LogP contribution in [0, 0.1) is 5.92 Å². The van der Waals surface area contributed by atoms with Gasteiger partial charge in [0.25, 0.3) is 5.91 Å². The average molecular weight is 289 g/mol. The van der Waals surface area contributed by atoms with Gasteiger partial charge in [0.05, 0.1) is 5.56 Å². The third kappa shape index (κ3) is 2.49. The highest BCUT2D eigenvalue weighted by Crippen LogP contribution is 2.34. The predicted molar refractivity (Wildman–Crippen MR) is 80.4 cm³/mol. The molecule has 2 aliphatic rings.